The van der Waals surface area contributed by atoms with Gasteiger partial charge in [-0.1, -0.05) is 12.1 Å². The first-order valence-corrected chi connectivity index (χ1v) is 7.51. The van der Waals surface area contributed by atoms with Crippen molar-refractivity contribution in [3.8, 4) is 0 Å². The molecule has 1 unspecified atom stereocenters. The zero-order valence-electron chi connectivity index (χ0n) is 12.5. The minimum Gasteiger partial charge on any atom is -0.339 e. The summed E-state index contributed by atoms with van der Waals surface area (Å²) in [6.45, 7) is 3.47. The van der Waals surface area contributed by atoms with Gasteiger partial charge in [-0.25, -0.2) is 0 Å². The third kappa shape index (κ3) is 4.29. The van der Waals surface area contributed by atoms with Crippen LogP contribution in [0.3, 0.4) is 0 Å². The lowest BCUT2D eigenvalue weighted by atomic mass is 10.1. The lowest BCUT2D eigenvalue weighted by molar-refractivity contribution is -0.116. The molecular formula is C16H23N3O2. The molecule has 1 atom stereocenters. The largest absolute Gasteiger partial charge is 0.339 e. The lowest BCUT2D eigenvalue weighted by Gasteiger charge is -2.18. The van der Waals surface area contributed by atoms with Crippen LogP contribution in [0.15, 0.2) is 24.3 Å². The first-order valence-electron chi connectivity index (χ1n) is 7.51. The Labute approximate surface area is 125 Å². The number of anilines is 1. The van der Waals surface area contributed by atoms with Crippen molar-refractivity contribution in [1.82, 2.24) is 4.90 Å². The standard InChI is InChI=1S/C16H23N3O2/c1-12(17)8-9-15(20)18-14-7-3-2-6-13(14)16(21)19-10-4-5-11-19/h2-3,6-7,12H,4-5,8-11,17H2,1H3,(H,18,20). The number of hydrogen-bond donors (Lipinski definition) is 2. The summed E-state index contributed by atoms with van der Waals surface area (Å²) in [7, 11) is 0. The van der Waals surface area contributed by atoms with E-state index in [9.17, 15) is 9.59 Å². The highest BCUT2D eigenvalue weighted by atomic mass is 16.2. The van der Waals surface area contributed by atoms with Gasteiger partial charge < -0.3 is 16.0 Å². The summed E-state index contributed by atoms with van der Waals surface area (Å²) in [6, 6.07) is 7.18. The predicted molar refractivity (Wildman–Crippen MR) is 83.1 cm³/mol. The molecule has 2 rings (SSSR count). The van der Waals surface area contributed by atoms with Crippen molar-refractivity contribution in [2.24, 2.45) is 5.73 Å². The summed E-state index contributed by atoms with van der Waals surface area (Å²) in [5.41, 5.74) is 6.80. The second-order valence-corrected chi connectivity index (χ2v) is 5.61. The molecule has 1 aromatic rings. The Morgan fingerprint density at radius 2 is 1.95 bits per heavy atom. The van der Waals surface area contributed by atoms with Gasteiger partial charge in [0.1, 0.15) is 0 Å². The Balaban J connectivity index is 2.06. The van der Waals surface area contributed by atoms with Gasteiger partial charge in [0.05, 0.1) is 11.3 Å². The molecule has 5 nitrogen and oxygen atoms in total. The van der Waals surface area contributed by atoms with E-state index in [4.69, 9.17) is 5.73 Å². The Morgan fingerprint density at radius 3 is 2.62 bits per heavy atom. The first kappa shape index (κ1) is 15.5. The van der Waals surface area contributed by atoms with Crippen molar-refractivity contribution < 1.29 is 9.59 Å². The van der Waals surface area contributed by atoms with E-state index in [2.05, 4.69) is 5.32 Å². The van der Waals surface area contributed by atoms with E-state index < -0.39 is 0 Å². The van der Waals surface area contributed by atoms with E-state index in [1.54, 1.807) is 12.1 Å². The van der Waals surface area contributed by atoms with Crippen molar-refractivity contribution in [3.05, 3.63) is 29.8 Å². The zero-order valence-corrected chi connectivity index (χ0v) is 12.5. The Bertz CT molecular complexity index is 508. The molecule has 1 saturated heterocycles. The van der Waals surface area contributed by atoms with Gasteiger partial charge in [-0.15, -0.1) is 0 Å². The monoisotopic (exact) mass is 289 g/mol. The van der Waals surface area contributed by atoms with Crippen LogP contribution in [0, 0.1) is 0 Å². The molecule has 3 N–H and O–H groups in total. The summed E-state index contributed by atoms with van der Waals surface area (Å²) >= 11 is 0. The summed E-state index contributed by atoms with van der Waals surface area (Å²) < 4.78 is 0. The summed E-state index contributed by atoms with van der Waals surface area (Å²) in [6.07, 6.45) is 3.10. The van der Waals surface area contributed by atoms with E-state index in [0.29, 0.717) is 24.1 Å². The molecule has 1 heterocycles. The van der Waals surface area contributed by atoms with Crippen LogP contribution in [0.4, 0.5) is 5.69 Å². The minimum atomic E-state index is -0.103. The van der Waals surface area contributed by atoms with Crippen LogP contribution in [0.2, 0.25) is 0 Å². The molecule has 0 saturated carbocycles. The number of hydrogen-bond acceptors (Lipinski definition) is 3. The van der Waals surface area contributed by atoms with Gasteiger partial charge in [-0.3, -0.25) is 9.59 Å². The third-order valence-electron chi connectivity index (χ3n) is 3.65. The SMILES string of the molecule is CC(N)CCC(=O)Nc1ccccc1C(=O)N1CCCC1. The molecule has 0 radical (unpaired) electrons. The highest BCUT2D eigenvalue weighted by Crippen LogP contribution is 2.20. The van der Waals surface area contributed by atoms with Crippen molar-refractivity contribution in [2.45, 2.75) is 38.6 Å². The van der Waals surface area contributed by atoms with E-state index in [1.807, 2.05) is 24.0 Å². The third-order valence-corrected chi connectivity index (χ3v) is 3.65. The fraction of sp³-hybridized carbons (Fsp3) is 0.500. The van der Waals surface area contributed by atoms with Crippen molar-refractivity contribution in [1.29, 1.82) is 0 Å². The molecular weight excluding hydrogens is 266 g/mol. The minimum absolute atomic E-state index is 0.00257. The highest BCUT2D eigenvalue weighted by Gasteiger charge is 2.22. The van der Waals surface area contributed by atoms with Gasteiger partial charge in [0, 0.05) is 25.6 Å². The van der Waals surface area contributed by atoms with E-state index in [0.717, 1.165) is 25.9 Å². The zero-order chi connectivity index (χ0) is 15.2. The number of carbonyl (C=O) groups is 2. The predicted octanol–water partition coefficient (Wildman–Crippen LogP) is 1.99. The van der Waals surface area contributed by atoms with Gasteiger partial charge in [0.25, 0.3) is 5.91 Å². The quantitative estimate of drug-likeness (QED) is 0.870. The number of amides is 2. The molecule has 2 amide bonds. The molecule has 5 heteroatoms. The fourth-order valence-corrected chi connectivity index (χ4v) is 2.44. The molecule has 114 valence electrons. The molecule has 0 spiro atoms. The molecule has 0 aliphatic carbocycles. The van der Waals surface area contributed by atoms with E-state index >= 15 is 0 Å². The fourth-order valence-electron chi connectivity index (χ4n) is 2.44. The number of para-hydroxylation sites is 1. The molecule has 21 heavy (non-hydrogen) atoms. The summed E-state index contributed by atoms with van der Waals surface area (Å²) in [5.74, 6) is -0.107. The average molecular weight is 289 g/mol. The average Bonchev–Trinajstić information content (AvgIpc) is 2.99. The normalized spacial score (nSPS) is 15.8. The number of carbonyl (C=O) groups excluding carboxylic acids is 2. The van der Waals surface area contributed by atoms with Gasteiger partial charge in [0.2, 0.25) is 5.91 Å². The molecule has 0 bridgehead atoms. The van der Waals surface area contributed by atoms with Crippen LogP contribution in [-0.2, 0) is 4.79 Å². The first-order chi connectivity index (χ1) is 10.1. The van der Waals surface area contributed by atoms with Crippen molar-refractivity contribution in [3.63, 3.8) is 0 Å². The van der Waals surface area contributed by atoms with Crippen molar-refractivity contribution in [2.75, 3.05) is 18.4 Å². The summed E-state index contributed by atoms with van der Waals surface area (Å²) in [5, 5.41) is 2.83. The lowest BCUT2D eigenvalue weighted by Crippen LogP contribution is -2.29. The summed E-state index contributed by atoms with van der Waals surface area (Å²) in [4.78, 5) is 26.2. The topological polar surface area (TPSA) is 75.4 Å². The number of likely N-dealkylation sites (tertiary alicyclic amines) is 1. The van der Waals surface area contributed by atoms with E-state index in [1.165, 1.54) is 0 Å². The number of nitrogens with zero attached hydrogens (tertiary/aromatic N) is 1. The van der Waals surface area contributed by atoms with Gasteiger partial charge in [-0.05, 0) is 38.3 Å². The van der Waals surface area contributed by atoms with Crippen LogP contribution in [0.25, 0.3) is 0 Å². The van der Waals surface area contributed by atoms with Crippen LogP contribution in [-0.4, -0.2) is 35.8 Å². The highest BCUT2D eigenvalue weighted by molar-refractivity contribution is 6.03. The number of benzene rings is 1. The maximum absolute atomic E-state index is 12.5. The van der Waals surface area contributed by atoms with Gasteiger partial charge >= 0.3 is 0 Å². The Kier molecular flexibility index (Phi) is 5.33. The van der Waals surface area contributed by atoms with Crippen LogP contribution >= 0.6 is 0 Å². The number of nitrogens with two attached hydrogens (primary N) is 1. The van der Waals surface area contributed by atoms with Crippen molar-refractivity contribution >= 4 is 17.5 Å². The van der Waals surface area contributed by atoms with Gasteiger partial charge in [-0.2, -0.15) is 0 Å². The molecule has 1 fully saturated rings. The number of rotatable bonds is 5. The molecule has 0 aromatic heterocycles. The molecule has 1 aliphatic heterocycles. The Morgan fingerprint density at radius 1 is 1.29 bits per heavy atom. The second kappa shape index (κ2) is 7.22. The molecule has 1 aliphatic rings. The maximum Gasteiger partial charge on any atom is 0.255 e. The van der Waals surface area contributed by atoms with Gasteiger partial charge in [0.15, 0.2) is 0 Å². The Hall–Kier alpha value is -1.88. The second-order valence-electron chi connectivity index (χ2n) is 5.61. The van der Waals surface area contributed by atoms with Crippen LogP contribution < -0.4 is 11.1 Å². The number of nitrogens with one attached hydrogen (secondary N) is 1. The molecule has 1 aromatic carbocycles. The van der Waals surface area contributed by atoms with Crippen LogP contribution in [0.5, 0.6) is 0 Å². The van der Waals surface area contributed by atoms with E-state index in [-0.39, 0.29) is 17.9 Å². The maximum atomic E-state index is 12.5. The van der Waals surface area contributed by atoms with Crippen LogP contribution in [0.1, 0.15) is 43.0 Å². The smallest absolute Gasteiger partial charge is 0.255 e.